The highest BCUT2D eigenvalue weighted by Gasteiger charge is 2.18. The molecule has 23 heavy (non-hydrogen) atoms. The summed E-state index contributed by atoms with van der Waals surface area (Å²) in [5, 5.41) is 13.6. The van der Waals surface area contributed by atoms with Gasteiger partial charge in [0.15, 0.2) is 12.4 Å². The number of hydrogen-bond donors (Lipinski definition) is 2. The van der Waals surface area contributed by atoms with E-state index in [1.165, 1.54) is 35.0 Å². The number of primary amides is 1. The van der Waals surface area contributed by atoms with Crippen molar-refractivity contribution in [3.8, 4) is 0 Å². The van der Waals surface area contributed by atoms with Gasteiger partial charge in [-0.25, -0.2) is 0 Å². The molecule has 9 heteroatoms. The van der Waals surface area contributed by atoms with Gasteiger partial charge in [0.2, 0.25) is 6.54 Å². The molecule has 1 heterocycles. The summed E-state index contributed by atoms with van der Waals surface area (Å²) in [6, 6.07) is 6.94. The maximum atomic E-state index is 12.0. The van der Waals surface area contributed by atoms with Crippen LogP contribution in [0.3, 0.4) is 0 Å². The topological polar surface area (TPSA) is 119 Å². The zero-order valence-corrected chi connectivity index (χ0v) is 12.5. The molecule has 8 nitrogen and oxygen atoms in total. The molecule has 0 saturated heterocycles. The molecule has 1 aromatic heterocycles. The van der Waals surface area contributed by atoms with Crippen LogP contribution in [0, 0.1) is 10.1 Å². The Bertz CT molecular complexity index is 794. The maximum absolute atomic E-state index is 12.0. The standard InChI is InChI=1S/C14H11ClN4O4/c15-10-3-4-12(19(22)23)11(6-10)17-13(20)8-18-5-1-2-9(7-18)14(16)21/h1-7H,8H2,(H2-,16,17,20,21)/p+1. The Morgan fingerprint density at radius 1 is 1.35 bits per heavy atom. The number of hydrogen-bond acceptors (Lipinski definition) is 4. The lowest BCUT2D eigenvalue weighted by molar-refractivity contribution is -0.684. The van der Waals surface area contributed by atoms with Crippen LogP contribution in [-0.2, 0) is 11.3 Å². The van der Waals surface area contributed by atoms with Crippen molar-refractivity contribution in [2.45, 2.75) is 6.54 Å². The van der Waals surface area contributed by atoms with E-state index in [1.54, 1.807) is 12.3 Å². The predicted molar refractivity (Wildman–Crippen MR) is 81.9 cm³/mol. The lowest BCUT2D eigenvalue weighted by Crippen LogP contribution is -2.40. The number of anilines is 1. The molecule has 0 unspecified atom stereocenters. The Morgan fingerprint density at radius 2 is 2.09 bits per heavy atom. The summed E-state index contributed by atoms with van der Waals surface area (Å²) in [6.07, 6.45) is 2.98. The molecule has 0 aliphatic heterocycles. The lowest BCUT2D eigenvalue weighted by Gasteiger charge is -2.05. The van der Waals surface area contributed by atoms with Crippen molar-refractivity contribution < 1.29 is 19.1 Å². The minimum atomic E-state index is -0.620. The van der Waals surface area contributed by atoms with Gasteiger partial charge < -0.3 is 11.1 Å². The summed E-state index contributed by atoms with van der Waals surface area (Å²) in [7, 11) is 0. The fraction of sp³-hybridized carbons (Fsp3) is 0.0714. The van der Waals surface area contributed by atoms with E-state index in [1.807, 2.05) is 0 Å². The number of nitrogens with two attached hydrogens (primary N) is 1. The van der Waals surface area contributed by atoms with Crippen molar-refractivity contribution in [1.82, 2.24) is 0 Å². The number of nitro groups is 1. The molecule has 0 saturated carbocycles. The first-order valence-electron chi connectivity index (χ1n) is 6.39. The molecular weight excluding hydrogens is 324 g/mol. The van der Waals surface area contributed by atoms with Crippen LogP contribution in [0.25, 0.3) is 0 Å². The summed E-state index contributed by atoms with van der Waals surface area (Å²) in [5.41, 5.74) is 5.14. The fourth-order valence-corrected chi connectivity index (χ4v) is 2.06. The second kappa shape index (κ2) is 6.84. The minimum absolute atomic E-state index is 0.000782. The number of nitrogens with one attached hydrogen (secondary N) is 1. The van der Waals surface area contributed by atoms with Crippen molar-refractivity contribution in [3.63, 3.8) is 0 Å². The van der Waals surface area contributed by atoms with Crippen LogP contribution in [0.1, 0.15) is 10.4 Å². The molecule has 2 rings (SSSR count). The smallest absolute Gasteiger partial charge is 0.292 e. The van der Waals surface area contributed by atoms with E-state index in [0.717, 1.165) is 0 Å². The second-order valence-electron chi connectivity index (χ2n) is 4.60. The number of pyridine rings is 1. The Hall–Kier alpha value is -3.00. The molecule has 0 bridgehead atoms. The third-order valence-electron chi connectivity index (χ3n) is 2.90. The van der Waals surface area contributed by atoms with Crippen molar-refractivity contribution in [2.75, 3.05) is 5.32 Å². The number of benzene rings is 1. The van der Waals surface area contributed by atoms with Crippen molar-refractivity contribution in [1.29, 1.82) is 0 Å². The molecule has 118 valence electrons. The summed E-state index contributed by atoms with van der Waals surface area (Å²) >= 11 is 5.79. The van der Waals surface area contributed by atoms with Gasteiger partial charge in [0.25, 0.3) is 17.5 Å². The lowest BCUT2D eigenvalue weighted by atomic mass is 10.2. The molecule has 2 aromatic rings. The second-order valence-corrected chi connectivity index (χ2v) is 5.03. The van der Waals surface area contributed by atoms with E-state index in [9.17, 15) is 19.7 Å². The number of nitro benzene ring substituents is 1. The predicted octanol–water partition coefficient (Wildman–Crippen LogP) is 1.27. The minimum Gasteiger partial charge on any atom is -0.365 e. The summed E-state index contributed by atoms with van der Waals surface area (Å²) in [5.74, 6) is -1.13. The van der Waals surface area contributed by atoms with Gasteiger partial charge in [0.05, 0.1) is 4.92 Å². The van der Waals surface area contributed by atoms with E-state index < -0.39 is 16.7 Å². The average Bonchev–Trinajstić information content (AvgIpc) is 2.47. The van der Waals surface area contributed by atoms with Gasteiger partial charge >= 0.3 is 0 Å². The van der Waals surface area contributed by atoms with Crippen molar-refractivity contribution in [3.05, 3.63) is 63.4 Å². The van der Waals surface area contributed by atoms with Crippen molar-refractivity contribution in [2.24, 2.45) is 5.73 Å². The van der Waals surface area contributed by atoms with Gasteiger partial charge in [0.1, 0.15) is 11.3 Å². The van der Waals surface area contributed by atoms with E-state index in [4.69, 9.17) is 17.3 Å². The molecule has 1 aromatic carbocycles. The SMILES string of the molecule is NC(=O)c1ccc[n+](CC(=O)Nc2cc(Cl)ccc2[N+](=O)[O-])c1. The molecule has 3 N–H and O–H groups in total. The first-order valence-corrected chi connectivity index (χ1v) is 6.77. The van der Waals surface area contributed by atoms with E-state index >= 15 is 0 Å². The zero-order valence-electron chi connectivity index (χ0n) is 11.7. The third-order valence-corrected chi connectivity index (χ3v) is 3.13. The van der Waals surface area contributed by atoms with Crippen LogP contribution in [0.15, 0.2) is 42.7 Å². The van der Waals surface area contributed by atoms with Crippen LogP contribution in [0.5, 0.6) is 0 Å². The van der Waals surface area contributed by atoms with Crippen LogP contribution in [-0.4, -0.2) is 16.7 Å². The van der Waals surface area contributed by atoms with Crippen LogP contribution in [0.4, 0.5) is 11.4 Å². The average molecular weight is 336 g/mol. The Kier molecular flexibility index (Phi) is 4.87. The van der Waals surface area contributed by atoms with Gasteiger partial charge in [-0.1, -0.05) is 11.6 Å². The number of carbonyl (C=O) groups excluding carboxylic acids is 2. The first kappa shape index (κ1) is 16.4. The third kappa shape index (κ3) is 4.24. The monoisotopic (exact) mass is 335 g/mol. The van der Waals surface area contributed by atoms with E-state index in [0.29, 0.717) is 0 Å². The number of amides is 2. The molecule has 0 fully saturated rings. The largest absolute Gasteiger partial charge is 0.365 e. The highest BCUT2D eigenvalue weighted by Crippen LogP contribution is 2.27. The van der Waals surface area contributed by atoms with Gasteiger partial charge in [0, 0.05) is 17.2 Å². The molecular formula is C14H12ClN4O4+. The summed E-state index contributed by atoms with van der Waals surface area (Å²) in [6.45, 7) is -0.148. The first-order chi connectivity index (χ1) is 10.9. The van der Waals surface area contributed by atoms with Gasteiger partial charge in [-0.05, 0) is 18.2 Å². The molecule has 0 atom stereocenters. The maximum Gasteiger partial charge on any atom is 0.292 e. The number of rotatable bonds is 5. The Balaban J connectivity index is 2.17. The Labute approximate surface area is 135 Å². The molecule has 0 radical (unpaired) electrons. The van der Waals surface area contributed by atoms with Crippen LogP contribution in [0.2, 0.25) is 5.02 Å². The number of carbonyl (C=O) groups is 2. The van der Waals surface area contributed by atoms with Gasteiger partial charge in [-0.3, -0.25) is 19.7 Å². The van der Waals surface area contributed by atoms with Gasteiger partial charge in [-0.15, -0.1) is 0 Å². The molecule has 0 aliphatic rings. The highest BCUT2D eigenvalue weighted by molar-refractivity contribution is 6.31. The zero-order chi connectivity index (χ0) is 17.0. The van der Waals surface area contributed by atoms with E-state index in [2.05, 4.69) is 5.32 Å². The quantitative estimate of drug-likeness (QED) is 0.485. The fourth-order valence-electron chi connectivity index (χ4n) is 1.89. The molecule has 2 amide bonds. The summed E-state index contributed by atoms with van der Waals surface area (Å²) < 4.78 is 1.44. The number of halogens is 1. The van der Waals surface area contributed by atoms with Gasteiger partial charge in [-0.2, -0.15) is 4.57 Å². The van der Waals surface area contributed by atoms with Crippen LogP contribution < -0.4 is 15.6 Å². The van der Waals surface area contributed by atoms with Crippen LogP contribution >= 0.6 is 11.6 Å². The molecule has 0 aliphatic carbocycles. The van der Waals surface area contributed by atoms with Crippen molar-refractivity contribution >= 4 is 34.8 Å². The van der Waals surface area contributed by atoms with E-state index in [-0.39, 0.29) is 28.5 Å². The highest BCUT2D eigenvalue weighted by atomic mass is 35.5. The summed E-state index contributed by atoms with van der Waals surface area (Å²) in [4.78, 5) is 33.5. The number of nitrogens with zero attached hydrogens (tertiary/aromatic N) is 2. The normalized spacial score (nSPS) is 10.1. The molecule has 0 spiro atoms. The Morgan fingerprint density at radius 3 is 2.74 bits per heavy atom. The number of aromatic nitrogens is 1.